The highest BCUT2D eigenvalue weighted by atomic mass is 16.5. The lowest BCUT2D eigenvalue weighted by Crippen LogP contribution is -2.56. The van der Waals surface area contributed by atoms with Crippen LogP contribution in [0.25, 0.3) is 0 Å². The highest BCUT2D eigenvalue weighted by Gasteiger charge is 2.41. The average Bonchev–Trinajstić information content (AvgIpc) is 2.34. The van der Waals surface area contributed by atoms with Gasteiger partial charge >= 0.3 is 5.97 Å². The highest BCUT2D eigenvalue weighted by Crippen LogP contribution is 2.23. The van der Waals surface area contributed by atoms with E-state index in [4.69, 9.17) is 0 Å². The molecule has 1 aromatic carbocycles. The predicted octanol–water partition coefficient (Wildman–Crippen LogP) is 1.27. The Hall–Kier alpha value is -1.84. The van der Waals surface area contributed by atoms with Crippen molar-refractivity contribution in [2.45, 2.75) is 25.9 Å². The molecule has 0 spiro atoms. The topological polar surface area (TPSA) is 46.6 Å². The van der Waals surface area contributed by atoms with Gasteiger partial charge in [-0.1, -0.05) is 29.8 Å². The Morgan fingerprint density at radius 2 is 2.06 bits per heavy atom. The van der Waals surface area contributed by atoms with Crippen molar-refractivity contribution in [1.82, 2.24) is 4.90 Å². The number of methoxy groups -OCH3 is 1. The molecule has 1 amide bonds. The number of likely N-dealkylation sites (tertiary alicyclic amines) is 1. The second kappa shape index (κ2) is 4.57. The lowest BCUT2D eigenvalue weighted by atomic mass is 10.0. The van der Waals surface area contributed by atoms with E-state index >= 15 is 0 Å². The molecule has 17 heavy (non-hydrogen) atoms. The second-order valence-electron chi connectivity index (χ2n) is 4.25. The zero-order chi connectivity index (χ0) is 12.4. The minimum Gasteiger partial charge on any atom is -0.467 e. The van der Waals surface area contributed by atoms with E-state index < -0.39 is 6.04 Å². The standard InChI is InChI=1S/C13H15NO3/c1-9-3-5-10(6-4-9)8-14-11(7-12(14)15)13(16)17-2/h3-6,11H,7-8H2,1-2H3/t11-/m1/s1. The molecule has 2 rings (SSSR count). The van der Waals surface area contributed by atoms with Gasteiger partial charge in [-0.15, -0.1) is 0 Å². The summed E-state index contributed by atoms with van der Waals surface area (Å²) in [7, 11) is 1.34. The first kappa shape index (κ1) is 11.6. The molecule has 0 radical (unpaired) electrons. The average molecular weight is 233 g/mol. The number of benzene rings is 1. The van der Waals surface area contributed by atoms with Crippen molar-refractivity contribution in [2.75, 3.05) is 7.11 Å². The molecule has 0 aromatic heterocycles. The SMILES string of the molecule is COC(=O)[C@H]1CC(=O)N1Cc1ccc(C)cc1. The molecule has 1 aliphatic heterocycles. The fraction of sp³-hybridized carbons (Fsp3) is 0.385. The van der Waals surface area contributed by atoms with Gasteiger partial charge in [0.15, 0.2) is 0 Å². The number of β-lactam (4-membered cyclic amide) rings is 1. The van der Waals surface area contributed by atoms with Crippen LogP contribution in [-0.4, -0.2) is 29.9 Å². The fourth-order valence-electron chi connectivity index (χ4n) is 1.89. The van der Waals surface area contributed by atoms with E-state index in [2.05, 4.69) is 4.74 Å². The normalized spacial score (nSPS) is 18.8. The number of amides is 1. The minimum atomic E-state index is -0.409. The maximum atomic E-state index is 11.5. The highest BCUT2D eigenvalue weighted by molar-refractivity contribution is 5.94. The number of nitrogens with zero attached hydrogens (tertiary/aromatic N) is 1. The summed E-state index contributed by atoms with van der Waals surface area (Å²) in [5.74, 6) is -0.335. The summed E-state index contributed by atoms with van der Waals surface area (Å²) in [5.41, 5.74) is 2.20. The molecule has 0 N–H and O–H groups in total. The molecular weight excluding hydrogens is 218 g/mol. The minimum absolute atomic E-state index is 0.000903. The number of hydrogen-bond donors (Lipinski definition) is 0. The first-order valence-corrected chi connectivity index (χ1v) is 5.54. The maximum absolute atomic E-state index is 11.5. The zero-order valence-corrected chi connectivity index (χ0v) is 9.97. The third-order valence-corrected chi connectivity index (χ3v) is 3.01. The molecule has 4 heteroatoms. The summed E-state index contributed by atoms with van der Waals surface area (Å²) < 4.78 is 4.66. The van der Waals surface area contributed by atoms with E-state index in [0.717, 1.165) is 5.56 Å². The second-order valence-corrected chi connectivity index (χ2v) is 4.25. The van der Waals surface area contributed by atoms with Crippen molar-refractivity contribution in [1.29, 1.82) is 0 Å². The van der Waals surface area contributed by atoms with Gasteiger partial charge in [-0.05, 0) is 12.5 Å². The van der Waals surface area contributed by atoms with Crippen LogP contribution in [0.4, 0.5) is 0 Å². The van der Waals surface area contributed by atoms with Crippen LogP contribution in [0.1, 0.15) is 17.5 Å². The number of carbonyl (C=O) groups is 2. The van der Waals surface area contributed by atoms with Gasteiger partial charge in [-0.2, -0.15) is 0 Å². The van der Waals surface area contributed by atoms with Gasteiger partial charge in [-0.3, -0.25) is 4.79 Å². The lowest BCUT2D eigenvalue weighted by molar-refractivity contribution is -0.165. The Morgan fingerprint density at radius 3 is 2.59 bits per heavy atom. The van der Waals surface area contributed by atoms with Crippen LogP contribution in [0.3, 0.4) is 0 Å². The number of aryl methyl sites for hydroxylation is 1. The molecule has 0 saturated carbocycles. The molecule has 1 saturated heterocycles. The number of esters is 1. The molecule has 0 bridgehead atoms. The quantitative estimate of drug-likeness (QED) is 0.583. The van der Waals surface area contributed by atoms with E-state index in [9.17, 15) is 9.59 Å². The molecule has 1 atom stereocenters. The fourth-order valence-corrected chi connectivity index (χ4v) is 1.89. The predicted molar refractivity (Wildman–Crippen MR) is 62.2 cm³/mol. The van der Waals surface area contributed by atoms with Crippen molar-refractivity contribution < 1.29 is 14.3 Å². The van der Waals surface area contributed by atoms with E-state index in [1.165, 1.54) is 12.7 Å². The third kappa shape index (κ3) is 2.30. The summed E-state index contributed by atoms with van der Waals surface area (Å²) >= 11 is 0. The number of rotatable bonds is 3. The molecule has 4 nitrogen and oxygen atoms in total. The van der Waals surface area contributed by atoms with Crippen LogP contribution in [-0.2, 0) is 20.9 Å². The van der Waals surface area contributed by atoms with E-state index in [1.807, 2.05) is 31.2 Å². The van der Waals surface area contributed by atoms with E-state index in [0.29, 0.717) is 6.54 Å². The van der Waals surface area contributed by atoms with Crippen LogP contribution in [0.5, 0.6) is 0 Å². The van der Waals surface area contributed by atoms with Crippen molar-refractivity contribution in [2.24, 2.45) is 0 Å². The maximum Gasteiger partial charge on any atom is 0.329 e. The van der Waals surface area contributed by atoms with Gasteiger partial charge < -0.3 is 9.64 Å². The van der Waals surface area contributed by atoms with Crippen LogP contribution >= 0.6 is 0 Å². The third-order valence-electron chi connectivity index (χ3n) is 3.01. The van der Waals surface area contributed by atoms with Gasteiger partial charge in [0.05, 0.1) is 13.5 Å². The molecular formula is C13H15NO3. The summed E-state index contributed by atoms with van der Waals surface area (Å²) in [4.78, 5) is 24.4. The molecule has 1 heterocycles. The summed E-state index contributed by atoms with van der Waals surface area (Å²) in [5, 5.41) is 0. The monoisotopic (exact) mass is 233 g/mol. The van der Waals surface area contributed by atoms with Crippen molar-refractivity contribution in [3.05, 3.63) is 35.4 Å². The van der Waals surface area contributed by atoms with Crippen LogP contribution in [0.2, 0.25) is 0 Å². The Kier molecular flexibility index (Phi) is 3.13. The molecule has 0 unspecified atom stereocenters. The first-order valence-electron chi connectivity index (χ1n) is 5.54. The zero-order valence-electron chi connectivity index (χ0n) is 9.97. The van der Waals surface area contributed by atoms with Gasteiger partial charge in [-0.25, -0.2) is 4.79 Å². The summed E-state index contributed by atoms with van der Waals surface area (Å²) in [6.45, 7) is 2.48. The largest absolute Gasteiger partial charge is 0.467 e. The smallest absolute Gasteiger partial charge is 0.329 e. The van der Waals surface area contributed by atoms with Gasteiger partial charge in [0, 0.05) is 6.54 Å². The van der Waals surface area contributed by atoms with E-state index in [-0.39, 0.29) is 18.3 Å². The van der Waals surface area contributed by atoms with Gasteiger partial charge in [0.25, 0.3) is 0 Å². The molecule has 0 aliphatic carbocycles. The van der Waals surface area contributed by atoms with Gasteiger partial charge in [0.1, 0.15) is 6.04 Å². The molecule has 1 aromatic rings. The van der Waals surface area contributed by atoms with Crippen LogP contribution in [0, 0.1) is 6.92 Å². The first-order chi connectivity index (χ1) is 8.11. The molecule has 1 fully saturated rings. The summed E-state index contributed by atoms with van der Waals surface area (Å²) in [6, 6.07) is 7.51. The molecule has 1 aliphatic rings. The lowest BCUT2D eigenvalue weighted by Gasteiger charge is -2.38. The van der Waals surface area contributed by atoms with E-state index in [1.54, 1.807) is 4.90 Å². The van der Waals surface area contributed by atoms with Crippen LogP contribution < -0.4 is 0 Å². The number of hydrogen-bond acceptors (Lipinski definition) is 3. The Morgan fingerprint density at radius 1 is 1.41 bits per heavy atom. The van der Waals surface area contributed by atoms with Gasteiger partial charge in [0.2, 0.25) is 5.91 Å². The van der Waals surface area contributed by atoms with Crippen molar-refractivity contribution >= 4 is 11.9 Å². The number of ether oxygens (including phenoxy) is 1. The Labute approximate surface area is 100 Å². The van der Waals surface area contributed by atoms with Crippen molar-refractivity contribution in [3.8, 4) is 0 Å². The Bertz CT molecular complexity index is 438. The van der Waals surface area contributed by atoms with Crippen LogP contribution in [0.15, 0.2) is 24.3 Å². The summed E-state index contributed by atoms with van der Waals surface area (Å²) in [6.07, 6.45) is 0.262. The number of carbonyl (C=O) groups excluding carboxylic acids is 2. The van der Waals surface area contributed by atoms with Crippen molar-refractivity contribution in [3.63, 3.8) is 0 Å². The Balaban J connectivity index is 2.04. The molecule has 90 valence electrons.